The average Bonchev–Trinajstić information content (AvgIpc) is 2.56. The van der Waals surface area contributed by atoms with E-state index in [-0.39, 0.29) is 25.2 Å². The Balaban J connectivity index is 2.83. The van der Waals surface area contributed by atoms with Crippen molar-refractivity contribution in [2.75, 3.05) is 13.1 Å². The van der Waals surface area contributed by atoms with E-state index >= 15 is 0 Å². The minimum atomic E-state index is -0.707. The number of nitrogens with one attached hydrogen (secondary N) is 1. The minimum Gasteiger partial charge on any atom is -0.443 e. The largest absolute Gasteiger partial charge is 0.443 e. The van der Waals surface area contributed by atoms with Crippen LogP contribution < -0.4 is 11.1 Å². The summed E-state index contributed by atoms with van der Waals surface area (Å²) >= 11 is 5.81. The number of benzene rings is 1. The number of nitrogens with two attached hydrogens (primary N) is 1. The highest BCUT2D eigenvalue weighted by Gasteiger charge is 2.22. The molecular weight excluding hydrogens is 356 g/mol. The molecule has 0 atom stereocenters. The van der Waals surface area contributed by atoms with Gasteiger partial charge >= 0.3 is 6.09 Å². The predicted molar refractivity (Wildman–Crippen MR) is 99.0 cm³/mol. The lowest BCUT2D eigenvalue weighted by Crippen LogP contribution is -2.37. The van der Waals surface area contributed by atoms with Crippen LogP contribution in [0.2, 0.25) is 5.02 Å². The van der Waals surface area contributed by atoms with Crippen LogP contribution in [0.5, 0.6) is 0 Å². The van der Waals surface area contributed by atoms with Crippen LogP contribution in [0, 0.1) is 11.3 Å². The SMILES string of the molecule is CC(C)(C)OC(=O)N(/C=C(/C#N)C(=O)NCc1ccc(Cl)cc1)CCN. The summed E-state index contributed by atoms with van der Waals surface area (Å²) < 4.78 is 5.25. The van der Waals surface area contributed by atoms with Gasteiger partial charge in [0, 0.05) is 30.9 Å². The maximum atomic E-state index is 12.2. The number of carbonyl (C=O) groups excluding carboxylic acids is 2. The Morgan fingerprint density at radius 2 is 1.96 bits per heavy atom. The molecule has 26 heavy (non-hydrogen) atoms. The van der Waals surface area contributed by atoms with Crippen LogP contribution in [-0.2, 0) is 16.1 Å². The van der Waals surface area contributed by atoms with E-state index in [1.807, 2.05) is 0 Å². The van der Waals surface area contributed by atoms with Crippen molar-refractivity contribution in [2.24, 2.45) is 5.73 Å². The zero-order valence-corrected chi connectivity index (χ0v) is 15.8. The molecule has 3 N–H and O–H groups in total. The summed E-state index contributed by atoms with van der Waals surface area (Å²) in [5.74, 6) is -0.604. The highest BCUT2D eigenvalue weighted by atomic mass is 35.5. The lowest BCUT2D eigenvalue weighted by molar-refractivity contribution is -0.117. The summed E-state index contributed by atoms with van der Waals surface area (Å²) in [6.07, 6.45) is 0.471. The van der Waals surface area contributed by atoms with Crippen LogP contribution in [-0.4, -0.2) is 35.6 Å². The fraction of sp³-hybridized carbons (Fsp3) is 0.389. The first-order valence-corrected chi connectivity index (χ1v) is 8.38. The van der Waals surface area contributed by atoms with Gasteiger partial charge in [0.05, 0.1) is 0 Å². The van der Waals surface area contributed by atoms with Gasteiger partial charge in [-0.1, -0.05) is 23.7 Å². The normalized spacial score (nSPS) is 11.5. The van der Waals surface area contributed by atoms with E-state index in [1.54, 1.807) is 51.1 Å². The Morgan fingerprint density at radius 1 is 1.35 bits per heavy atom. The van der Waals surface area contributed by atoms with Crippen molar-refractivity contribution in [1.82, 2.24) is 10.2 Å². The van der Waals surface area contributed by atoms with Crippen molar-refractivity contribution in [3.8, 4) is 6.07 Å². The number of nitrogens with zero attached hydrogens (tertiary/aromatic N) is 2. The van der Waals surface area contributed by atoms with Gasteiger partial charge < -0.3 is 15.8 Å². The minimum absolute atomic E-state index is 0.116. The molecule has 0 aliphatic carbocycles. The second-order valence-electron chi connectivity index (χ2n) is 6.43. The van der Waals surface area contributed by atoms with E-state index in [0.717, 1.165) is 16.7 Å². The smallest absolute Gasteiger partial charge is 0.414 e. The monoisotopic (exact) mass is 378 g/mol. The summed E-state index contributed by atoms with van der Waals surface area (Å²) in [6, 6.07) is 8.73. The molecule has 0 spiro atoms. The first-order chi connectivity index (χ1) is 12.2. The zero-order valence-electron chi connectivity index (χ0n) is 15.1. The Hall–Kier alpha value is -2.56. The maximum absolute atomic E-state index is 12.2. The molecule has 1 aromatic rings. The third kappa shape index (κ3) is 7.55. The first kappa shape index (κ1) is 21.5. The quantitative estimate of drug-likeness (QED) is 0.584. The average molecular weight is 379 g/mol. The number of carbonyl (C=O) groups is 2. The second-order valence-corrected chi connectivity index (χ2v) is 6.86. The summed E-state index contributed by atoms with van der Waals surface area (Å²) in [4.78, 5) is 25.5. The van der Waals surface area contributed by atoms with Gasteiger partial charge in [0.15, 0.2) is 0 Å². The van der Waals surface area contributed by atoms with E-state index < -0.39 is 17.6 Å². The number of rotatable bonds is 6. The molecule has 0 heterocycles. The molecule has 7 nitrogen and oxygen atoms in total. The topological polar surface area (TPSA) is 108 Å². The number of amides is 2. The molecule has 140 valence electrons. The van der Waals surface area contributed by atoms with Gasteiger partial charge in [-0.2, -0.15) is 5.26 Å². The standard InChI is InChI=1S/C18H23ClN4O3/c1-18(2,3)26-17(25)23(9-8-20)12-14(10-21)16(24)22-11-13-4-6-15(19)7-5-13/h4-7,12H,8-9,11,20H2,1-3H3,(H,22,24)/b14-12-. The molecular formula is C18H23ClN4O3. The fourth-order valence-electron chi connectivity index (χ4n) is 1.84. The van der Waals surface area contributed by atoms with E-state index in [0.29, 0.717) is 5.02 Å². The first-order valence-electron chi connectivity index (χ1n) is 8.00. The van der Waals surface area contributed by atoms with Crippen molar-refractivity contribution in [3.63, 3.8) is 0 Å². The lowest BCUT2D eigenvalue weighted by Gasteiger charge is -2.25. The van der Waals surface area contributed by atoms with Crippen molar-refractivity contribution >= 4 is 23.6 Å². The van der Waals surface area contributed by atoms with Crippen LogP contribution >= 0.6 is 11.6 Å². The molecule has 1 aromatic carbocycles. The van der Waals surface area contributed by atoms with Crippen molar-refractivity contribution in [3.05, 3.63) is 46.6 Å². The van der Waals surface area contributed by atoms with Gasteiger partial charge in [0.2, 0.25) is 0 Å². The van der Waals surface area contributed by atoms with E-state index in [2.05, 4.69) is 5.32 Å². The van der Waals surface area contributed by atoms with Gasteiger partial charge in [0.25, 0.3) is 5.91 Å². The van der Waals surface area contributed by atoms with Gasteiger partial charge in [-0.3, -0.25) is 9.69 Å². The van der Waals surface area contributed by atoms with Crippen LogP contribution in [0.3, 0.4) is 0 Å². The Labute approximate surface area is 158 Å². The molecule has 1 rings (SSSR count). The summed E-state index contributed by atoms with van der Waals surface area (Å²) in [5.41, 5.74) is 5.39. The Bertz CT molecular complexity index is 703. The molecule has 0 aliphatic heterocycles. The maximum Gasteiger partial charge on any atom is 0.414 e. The van der Waals surface area contributed by atoms with Crippen molar-refractivity contribution in [2.45, 2.75) is 32.9 Å². The second kappa shape index (κ2) is 9.80. The van der Waals surface area contributed by atoms with Crippen molar-refractivity contribution in [1.29, 1.82) is 5.26 Å². The molecule has 8 heteroatoms. The van der Waals surface area contributed by atoms with Gasteiger partial charge in [-0.05, 0) is 38.5 Å². The molecule has 2 amide bonds. The molecule has 0 fully saturated rings. The van der Waals surface area contributed by atoms with E-state index in [1.165, 1.54) is 0 Å². The summed E-state index contributed by atoms with van der Waals surface area (Å²) in [7, 11) is 0. The molecule has 0 radical (unpaired) electrons. The van der Waals surface area contributed by atoms with Crippen LogP contribution in [0.1, 0.15) is 26.3 Å². The highest BCUT2D eigenvalue weighted by Crippen LogP contribution is 2.12. The Kier molecular flexibility index (Phi) is 8.10. The number of halogens is 1. The summed E-state index contributed by atoms with van der Waals surface area (Å²) in [5, 5.41) is 12.5. The molecule has 0 saturated heterocycles. The zero-order chi connectivity index (χ0) is 19.7. The third-order valence-corrected chi connectivity index (χ3v) is 3.27. The molecule has 0 saturated carbocycles. The molecule has 0 unspecified atom stereocenters. The lowest BCUT2D eigenvalue weighted by atomic mass is 10.2. The number of ether oxygens (including phenoxy) is 1. The van der Waals surface area contributed by atoms with Gasteiger partial charge in [-0.25, -0.2) is 4.79 Å². The molecule has 0 bridgehead atoms. The van der Waals surface area contributed by atoms with Gasteiger partial charge in [-0.15, -0.1) is 0 Å². The number of hydrogen-bond acceptors (Lipinski definition) is 5. The van der Waals surface area contributed by atoms with E-state index in [4.69, 9.17) is 22.1 Å². The third-order valence-electron chi connectivity index (χ3n) is 3.01. The van der Waals surface area contributed by atoms with Crippen molar-refractivity contribution < 1.29 is 14.3 Å². The van der Waals surface area contributed by atoms with Crippen LogP contribution in [0.25, 0.3) is 0 Å². The van der Waals surface area contributed by atoms with Gasteiger partial charge in [0.1, 0.15) is 17.2 Å². The fourth-order valence-corrected chi connectivity index (χ4v) is 1.97. The molecule has 0 aliphatic rings. The van der Waals surface area contributed by atoms with E-state index in [9.17, 15) is 14.9 Å². The Morgan fingerprint density at radius 3 is 2.46 bits per heavy atom. The van der Waals surface area contributed by atoms with Crippen LogP contribution in [0.4, 0.5) is 4.79 Å². The summed E-state index contributed by atoms with van der Waals surface area (Å²) in [6.45, 7) is 5.65. The molecule has 0 aromatic heterocycles. The van der Waals surface area contributed by atoms with Crippen LogP contribution in [0.15, 0.2) is 36.0 Å². The predicted octanol–water partition coefficient (Wildman–Crippen LogP) is 2.56. The number of hydrogen-bond donors (Lipinski definition) is 2. The number of nitriles is 1. The highest BCUT2D eigenvalue weighted by molar-refractivity contribution is 6.30.